The van der Waals surface area contributed by atoms with E-state index in [-0.39, 0.29) is 18.0 Å². The van der Waals surface area contributed by atoms with Crippen LogP contribution in [-0.4, -0.2) is 70.8 Å². The Bertz CT molecular complexity index is 955. The molecule has 3 heterocycles. The van der Waals surface area contributed by atoms with Gasteiger partial charge in [-0.25, -0.2) is 15.8 Å². The molecular weight excluding hydrogens is 438 g/mol. The Morgan fingerprint density at radius 2 is 2.12 bits per heavy atom. The topological polar surface area (TPSA) is 114 Å². The first-order valence-electron chi connectivity index (χ1n) is 11.3. The van der Waals surface area contributed by atoms with Gasteiger partial charge in [-0.2, -0.15) is 0 Å². The number of hydrogen-bond acceptors (Lipinski definition) is 9. The van der Waals surface area contributed by atoms with Gasteiger partial charge in [-0.3, -0.25) is 9.63 Å². The Labute approximate surface area is 199 Å². The standard InChI is InChI=1S/C23H35N7O2S/c1-4-7-19(15-18(24)5-2)30(25)32-13-6-8-21(31)28-9-11-29(12-10-28)22-20-14-17(3)33-23(20)27-16-26-22/h4-5,7,14,16,18-19H,2,6,8-13,15,24-25H2,1,3H3/b7-4-. The van der Waals surface area contributed by atoms with Crippen molar-refractivity contribution in [2.45, 2.75) is 45.2 Å². The predicted octanol–water partition coefficient (Wildman–Crippen LogP) is 2.38. The van der Waals surface area contributed by atoms with Crippen molar-refractivity contribution in [2.75, 3.05) is 37.7 Å². The number of aryl methyl sites for hydroxylation is 1. The monoisotopic (exact) mass is 473 g/mol. The van der Waals surface area contributed by atoms with Gasteiger partial charge in [0.25, 0.3) is 0 Å². The molecule has 1 aliphatic rings. The molecule has 2 aromatic rings. The second kappa shape index (κ2) is 12.2. The highest BCUT2D eigenvalue weighted by Crippen LogP contribution is 2.30. The first kappa shape index (κ1) is 25.3. The van der Waals surface area contributed by atoms with Crippen LogP contribution in [0.1, 0.15) is 31.1 Å². The lowest BCUT2D eigenvalue weighted by Gasteiger charge is -2.35. The van der Waals surface area contributed by atoms with Gasteiger partial charge in [0, 0.05) is 43.5 Å². The summed E-state index contributed by atoms with van der Waals surface area (Å²) in [6, 6.07) is 1.83. The molecule has 2 aromatic heterocycles. The van der Waals surface area contributed by atoms with Crippen molar-refractivity contribution in [3.63, 3.8) is 0 Å². The molecule has 0 radical (unpaired) electrons. The lowest BCUT2D eigenvalue weighted by molar-refractivity contribution is -0.182. The fourth-order valence-corrected chi connectivity index (χ4v) is 4.74. The van der Waals surface area contributed by atoms with Crippen LogP contribution in [0.5, 0.6) is 0 Å². The zero-order valence-electron chi connectivity index (χ0n) is 19.5. The van der Waals surface area contributed by atoms with E-state index in [0.29, 0.717) is 39.0 Å². The summed E-state index contributed by atoms with van der Waals surface area (Å²) in [6.45, 7) is 11.0. The molecule has 9 nitrogen and oxygen atoms in total. The smallest absolute Gasteiger partial charge is 0.222 e. The van der Waals surface area contributed by atoms with Crippen LogP contribution >= 0.6 is 11.3 Å². The summed E-state index contributed by atoms with van der Waals surface area (Å²) in [7, 11) is 0. The van der Waals surface area contributed by atoms with Gasteiger partial charge in [0.05, 0.1) is 18.0 Å². The lowest BCUT2D eigenvalue weighted by Crippen LogP contribution is -2.49. The normalized spacial score (nSPS) is 16.6. The van der Waals surface area contributed by atoms with Gasteiger partial charge in [-0.1, -0.05) is 18.2 Å². The van der Waals surface area contributed by atoms with Crippen molar-refractivity contribution >= 4 is 33.3 Å². The third kappa shape index (κ3) is 6.81. The molecular formula is C23H35N7O2S. The summed E-state index contributed by atoms with van der Waals surface area (Å²) in [4.78, 5) is 33.6. The summed E-state index contributed by atoms with van der Waals surface area (Å²) in [6.07, 6.45) is 8.81. The number of hydrazine groups is 1. The van der Waals surface area contributed by atoms with Crippen molar-refractivity contribution < 1.29 is 9.63 Å². The minimum atomic E-state index is -0.164. The Kier molecular flexibility index (Phi) is 9.33. The number of hydroxylamine groups is 1. The number of anilines is 1. The minimum absolute atomic E-state index is 0.139. The van der Waals surface area contributed by atoms with Crippen molar-refractivity contribution in [3.05, 3.63) is 42.1 Å². The summed E-state index contributed by atoms with van der Waals surface area (Å²) in [5.74, 6) is 7.13. The molecule has 0 saturated carbocycles. The summed E-state index contributed by atoms with van der Waals surface area (Å²) in [5, 5.41) is 2.41. The molecule has 2 unspecified atom stereocenters. The number of allylic oxidation sites excluding steroid dienone is 1. The van der Waals surface area contributed by atoms with Crippen molar-refractivity contribution in [2.24, 2.45) is 11.6 Å². The van der Waals surface area contributed by atoms with Gasteiger partial charge < -0.3 is 15.5 Å². The van der Waals surface area contributed by atoms with E-state index < -0.39 is 0 Å². The average molecular weight is 474 g/mol. The van der Waals surface area contributed by atoms with Gasteiger partial charge in [-0.05, 0) is 32.8 Å². The SMILES string of the molecule is C=CC(N)CC(/C=C\C)N(N)OCCCC(=O)N1CCN(c2ncnc3sc(C)cc23)CC1. The van der Waals surface area contributed by atoms with E-state index in [2.05, 4.69) is 34.4 Å². The minimum Gasteiger partial charge on any atom is -0.352 e. The number of nitrogens with zero attached hydrogens (tertiary/aromatic N) is 5. The van der Waals surface area contributed by atoms with E-state index in [0.717, 1.165) is 29.1 Å². The molecule has 10 heteroatoms. The molecule has 0 bridgehead atoms. The molecule has 1 aliphatic heterocycles. The number of thiophene rings is 1. The number of hydrogen-bond donors (Lipinski definition) is 2. The Hall–Kier alpha value is -2.37. The van der Waals surface area contributed by atoms with E-state index in [1.165, 1.54) is 10.0 Å². The molecule has 1 fully saturated rings. The maximum atomic E-state index is 12.7. The number of carbonyl (C=O) groups is 1. The zero-order valence-corrected chi connectivity index (χ0v) is 20.3. The second-order valence-corrected chi connectivity index (χ2v) is 9.40. The summed E-state index contributed by atoms with van der Waals surface area (Å²) < 4.78 is 0. The second-order valence-electron chi connectivity index (χ2n) is 8.17. The maximum Gasteiger partial charge on any atom is 0.222 e. The van der Waals surface area contributed by atoms with Gasteiger partial charge in [0.2, 0.25) is 5.91 Å². The van der Waals surface area contributed by atoms with Crippen molar-refractivity contribution in [3.8, 4) is 0 Å². The Morgan fingerprint density at radius 3 is 2.82 bits per heavy atom. The molecule has 2 atom stereocenters. The van der Waals surface area contributed by atoms with Gasteiger partial charge in [0.15, 0.2) is 0 Å². The Morgan fingerprint density at radius 1 is 1.36 bits per heavy atom. The van der Waals surface area contributed by atoms with Crippen LogP contribution < -0.4 is 16.5 Å². The number of fused-ring (bicyclic) bond motifs is 1. The van der Waals surface area contributed by atoms with Crippen LogP contribution in [0.15, 0.2) is 37.2 Å². The van der Waals surface area contributed by atoms with E-state index in [9.17, 15) is 4.79 Å². The third-order valence-corrected chi connectivity index (χ3v) is 6.66. The first-order chi connectivity index (χ1) is 15.9. The van der Waals surface area contributed by atoms with Crippen molar-refractivity contribution in [1.82, 2.24) is 20.0 Å². The van der Waals surface area contributed by atoms with Crippen LogP contribution in [0.4, 0.5) is 5.82 Å². The number of aromatic nitrogens is 2. The molecule has 33 heavy (non-hydrogen) atoms. The fraction of sp³-hybridized carbons (Fsp3) is 0.522. The third-order valence-electron chi connectivity index (χ3n) is 5.70. The molecule has 1 saturated heterocycles. The summed E-state index contributed by atoms with van der Waals surface area (Å²) in [5.41, 5.74) is 5.94. The highest BCUT2D eigenvalue weighted by Gasteiger charge is 2.23. The highest BCUT2D eigenvalue weighted by molar-refractivity contribution is 7.18. The van der Waals surface area contributed by atoms with Crippen LogP contribution in [-0.2, 0) is 9.63 Å². The number of piperazine rings is 1. The van der Waals surface area contributed by atoms with E-state index >= 15 is 0 Å². The molecule has 0 aromatic carbocycles. The van der Waals surface area contributed by atoms with Crippen LogP contribution in [0, 0.1) is 6.92 Å². The van der Waals surface area contributed by atoms with Gasteiger partial charge in [0.1, 0.15) is 17.0 Å². The fourth-order valence-electron chi connectivity index (χ4n) is 3.89. The van der Waals surface area contributed by atoms with Crippen LogP contribution in [0.25, 0.3) is 10.2 Å². The van der Waals surface area contributed by atoms with Crippen molar-refractivity contribution in [1.29, 1.82) is 0 Å². The summed E-state index contributed by atoms with van der Waals surface area (Å²) >= 11 is 1.68. The van der Waals surface area contributed by atoms with Gasteiger partial charge >= 0.3 is 0 Å². The van der Waals surface area contributed by atoms with Crippen LogP contribution in [0.2, 0.25) is 0 Å². The van der Waals surface area contributed by atoms with Crippen LogP contribution in [0.3, 0.4) is 0 Å². The maximum absolute atomic E-state index is 12.7. The first-order valence-corrected chi connectivity index (χ1v) is 12.2. The largest absolute Gasteiger partial charge is 0.352 e. The number of nitrogens with two attached hydrogens (primary N) is 2. The molecule has 4 N–H and O–H groups in total. The van der Waals surface area contributed by atoms with E-state index in [4.69, 9.17) is 16.4 Å². The number of amides is 1. The zero-order chi connectivity index (χ0) is 23.8. The average Bonchev–Trinajstić information content (AvgIpc) is 3.21. The quantitative estimate of drug-likeness (QED) is 0.221. The molecule has 0 spiro atoms. The van der Waals surface area contributed by atoms with E-state index in [1.807, 2.05) is 24.0 Å². The number of carbonyl (C=O) groups excluding carboxylic acids is 1. The predicted molar refractivity (Wildman–Crippen MR) is 134 cm³/mol. The molecule has 1 amide bonds. The lowest BCUT2D eigenvalue weighted by atomic mass is 10.1. The molecule has 3 rings (SSSR count). The number of rotatable bonds is 11. The highest BCUT2D eigenvalue weighted by atomic mass is 32.1. The molecule has 180 valence electrons. The molecule has 0 aliphatic carbocycles. The Balaban J connectivity index is 1.41. The van der Waals surface area contributed by atoms with Gasteiger partial charge in [-0.15, -0.1) is 23.1 Å². The van der Waals surface area contributed by atoms with E-state index in [1.54, 1.807) is 23.7 Å².